The van der Waals surface area contributed by atoms with E-state index in [0.717, 1.165) is 24.2 Å². The van der Waals surface area contributed by atoms with Gasteiger partial charge in [-0.3, -0.25) is 4.79 Å². The van der Waals surface area contributed by atoms with Crippen LogP contribution >= 0.6 is 0 Å². The quantitative estimate of drug-likeness (QED) is 0.272. The normalized spacial score (nSPS) is 24.1. The molecule has 1 fully saturated rings. The van der Waals surface area contributed by atoms with Gasteiger partial charge in [0.2, 0.25) is 5.91 Å². The molecule has 2 aliphatic rings. The van der Waals surface area contributed by atoms with Gasteiger partial charge in [-0.2, -0.15) is 0 Å². The van der Waals surface area contributed by atoms with Gasteiger partial charge >= 0.3 is 0 Å². The van der Waals surface area contributed by atoms with Crippen LogP contribution in [-0.4, -0.2) is 17.9 Å². The van der Waals surface area contributed by atoms with Crippen molar-refractivity contribution in [3.8, 4) is 5.75 Å². The van der Waals surface area contributed by atoms with E-state index < -0.39 is 0 Å². The number of nitrogens with zero attached hydrogens (tertiary/aromatic N) is 1. The number of hydrogen-bond acceptors (Lipinski definition) is 2. The zero-order valence-electron chi connectivity index (χ0n) is 21.0. The third-order valence-corrected chi connectivity index (χ3v) is 7.47. The van der Waals surface area contributed by atoms with E-state index in [9.17, 15) is 4.79 Å². The van der Waals surface area contributed by atoms with Crippen molar-refractivity contribution in [2.24, 2.45) is 17.8 Å². The van der Waals surface area contributed by atoms with Gasteiger partial charge in [-0.15, -0.1) is 0 Å². The van der Waals surface area contributed by atoms with Crippen molar-refractivity contribution in [2.45, 2.75) is 65.0 Å². The number of carbonyl (C=O) groups is 1. The Hall–Kier alpha value is -2.81. The molecule has 2 aromatic carbocycles. The summed E-state index contributed by atoms with van der Waals surface area (Å²) < 4.78 is 5.84. The number of unbranched alkanes of at least 4 members (excludes halogenated alkanes) is 4. The van der Waals surface area contributed by atoms with Crippen LogP contribution in [-0.2, 0) is 11.3 Å². The Kier molecular flexibility index (Phi) is 8.26. The zero-order valence-corrected chi connectivity index (χ0v) is 21.0. The van der Waals surface area contributed by atoms with E-state index in [1.807, 2.05) is 18.2 Å². The summed E-state index contributed by atoms with van der Waals surface area (Å²) in [6.07, 6.45) is 16.2. The van der Waals surface area contributed by atoms with E-state index in [0.29, 0.717) is 12.5 Å². The van der Waals surface area contributed by atoms with E-state index in [2.05, 4.69) is 73.4 Å². The molecule has 3 nitrogen and oxygen atoms in total. The molecule has 0 unspecified atom stereocenters. The minimum atomic E-state index is -0.0236. The van der Waals surface area contributed by atoms with E-state index >= 15 is 0 Å². The maximum atomic E-state index is 13.8. The van der Waals surface area contributed by atoms with Crippen LogP contribution in [0.25, 0.3) is 6.08 Å². The average molecular weight is 458 g/mol. The summed E-state index contributed by atoms with van der Waals surface area (Å²) in [7, 11) is 1.73. The van der Waals surface area contributed by atoms with Gasteiger partial charge in [0.25, 0.3) is 0 Å². The van der Waals surface area contributed by atoms with Crippen molar-refractivity contribution in [1.82, 2.24) is 4.90 Å². The smallest absolute Gasteiger partial charge is 0.227 e. The molecule has 0 bridgehead atoms. The highest BCUT2D eigenvalue weighted by Gasteiger charge is 2.50. The van der Waals surface area contributed by atoms with Gasteiger partial charge in [-0.05, 0) is 48.4 Å². The molecule has 1 amide bonds. The highest BCUT2D eigenvalue weighted by Crippen LogP contribution is 2.50. The highest BCUT2D eigenvalue weighted by atomic mass is 16.5. The summed E-state index contributed by atoms with van der Waals surface area (Å²) in [5, 5.41) is 0. The third-order valence-electron chi connectivity index (χ3n) is 7.47. The zero-order chi connectivity index (χ0) is 23.9. The predicted molar refractivity (Wildman–Crippen MR) is 140 cm³/mol. The number of benzene rings is 2. The van der Waals surface area contributed by atoms with Crippen LogP contribution in [0.4, 0.5) is 0 Å². The lowest BCUT2D eigenvalue weighted by molar-refractivity contribution is -0.134. The van der Waals surface area contributed by atoms with Gasteiger partial charge in [0.1, 0.15) is 5.75 Å². The lowest BCUT2D eigenvalue weighted by atomic mass is 9.75. The van der Waals surface area contributed by atoms with Gasteiger partial charge in [0, 0.05) is 23.9 Å². The minimum Gasteiger partial charge on any atom is -0.496 e. The van der Waals surface area contributed by atoms with Gasteiger partial charge in [-0.1, -0.05) is 93.8 Å². The Morgan fingerprint density at radius 3 is 2.68 bits per heavy atom. The number of allylic oxidation sites excluding steroid dienone is 2. The molecule has 1 aliphatic heterocycles. The molecule has 0 radical (unpaired) electrons. The molecule has 4 atom stereocenters. The number of amides is 1. The highest BCUT2D eigenvalue weighted by molar-refractivity contribution is 5.83. The fourth-order valence-electron chi connectivity index (χ4n) is 5.67. The first-order chi connectivity index (χ1) is 16.6. The number of fused-ring (bicyclic) bond motifs is 1. The Balaban J connectivity index is 1.66. The maximum Gasteiger partial charge on any atom is 0.227 e. The van der Waals surface area contributed by atoms with Crippen LogP contribution in [0.2, 0.25) is 0 Å². The summed E-state index contributed by atoms with van der Waals surface area (Å²) >= 11 is 0. The Labute approximate surface area is 205 Å². The molecule has 3 heteroatoms. The SMILES string of the molecule is CCCCCC/C=C/c1ccc(OC)c([C@H]2[C@@H]3C=CC[C@H](C)[C@H]3C(=O)N2Cc2ccccc2)c1. The molecule has 0 saturated carbocycles. The molecule has 0 N–H and O–H groups in total. The van der Waals surface area contributed by atoms with Crippen LogP contribution in [0, 0.1) is 17.8 Å². The predicted octanol–water partition coefficient (Wildman–Crippen LogP) is 7.59. The number of rotatable bonds is 10. The number of likely N-dealkylation sites (tertiary alicyclic amines) is 1. The Morgan fingerprint density at radius 2 is 1.91 bits per heavy atom. The summed E-state index contributed by atoms with van der Waals surface area (Å²) in [6, 6.07) is 16.8. The molecule has 1 saturated heterocycles. The standard InChI is InChI=1S/C31H39NO2/c1-4-5-6-7-8-10-15-24-19-20-28(34-3)27(21-24)30-26-18-13-14-23(2)29(26)31(33)32(30)22-25-16-11-9-12-17-25/h9-13,15-21,23,26,29-30H,4-8,14,22H2,1-3H3/b15-10+/t23-,26+,29+,30+/m0/s1. The average Bonchev–Trinajstić information content (AvgIpc) is 3.14. The summed E-state index contributed by atoms with van der Waals surface area (Å²) in [6.45, 7) is 5.09. The number of ether oxygens (including phenoxy) is 1. The fraction of sp³-hybridized carbons (Fsp3) is 0.452. The first-order valence-corrected chi connectivity index (χ1v) is 13.0. The van der Waals surface area contributed by atoms with Crippen molar-refractivity contribution in [3.63, 3.8) is 0 Å². The minimum absolute atomic E-state index is 0.0236. The van der Waals surface area contributed by atoms with E-state index in [1.165, 1.54) is 36.8 Å². The van der Waals surface area contributed by atoms with Crippen LogP contribution < -0.4 is 4.74 Å². The van der Waals surface area contributed by atoms with Gasteiger partial charge in [-0.25, -0.2) is 0 Å². The monoisotopic (exact) mass is 457 g/mol. The molecular formula is C31H39NO2. The molecule has 2 aromatic rings. The Morgan fingerprint density at radius 1 is 1.09 bits per heavy atom. The molecule has 0 aromatic heterocycles. The summed E-state index contributed by atoms with van der Waals surface area (Å²) in [4.78, 5) is 15.9. The van der Waals surface area contributed by atoms with Gasteiger partial charge in [0.05, 0.1) is 13.2 Å². The maximum absolute atomic E-state index is 13.8. The lowest BCUT2D eigenvalue weighted by Crippen LogP contribution is -2.30. The van der Waals surface area contributed by atoms with Crippen LogP contribution in [0.15, 0.2) is 66.8 Å². The second-order valence-corrected chi connectivity index (χ2v) is 9.89. The molecule has 1 heterocycles. The van der Waals surface area contributed by atoms with Crippen molar-refractivity contribution < 1.29 is 9.53 Å². The lowest BCUT2D eigenvalue weighted by Gasteiger charge is -2.30. The molecule has 0 spiro atoms. The first kappa shape index (κ1) is 24.3. The van der Waals surface area contributed by atoms with Crippen molar-refractivity contribution in [3.05, 3.63) is 83.4 Å². The molecule has 34 heavy (non-hydrogen) atoms. The summed E-state index contributed by atoms with van der Waals surface area (Å²) in [5.74, 6) is 1.68. The first-order valence-electron chi connectivity index (χ1n) is 13.0. The summed E-state index contributed by atoms with van der Waals surface area (Å²) in [5.41, 5.74) is 3.46. The van der Waals surface area contributed by atoms with E-state index in [1.54, 1.807) is 7.11 Å². The number of methoxy groups -OCH3 is 1. The molecular weight excluding hydrogens is 418 g/mol. The largest absolute Gasteiger partial charge is 0.496 e. The van der Waals surface area contributed by atoms with Crippen LogP contribution in [0.1, 0.15) is 75.1 Å². The topological polar surface area (TPSA) is 29.5 Å². The molecule has 1 aliphatic carbocycles. The Bertz CT molecular complexity index is 1010. The van der Waals surface area contributed by atoms with Crippen molar-refractivity contribution >= 4 is 12.0 Å². The van der Waals surface area contributed by atoms with E-state index in [-0.39, 0.29) is 23.8 Å². The third kappa shape index (κ3) is 5.29. The molecule has 4 rings (SSSR count). The van der Waals surface area contributed by atoms with Crippen molar-refractivity contribution in [2.75, 3.05) is 7.11 Å². The van der Waals surface area contributed by atoms with E-state index in [4.69, 9.17) is 4.74 Å². The van der Waals surface area contributed by atoms with Crippen LogP contribution in [0.3, 0.4) is 0 Å². The van der Waals surface area contributed by atoms with Gasteiger partial charge < -0.3 is 9.64 Å². The van der Waals surface area contributed by atoms with Crippen molar-refractivity contribution in [1.29, 1.82) is 0 Å². The van der Waals surface area contributed by atoms with Crippen LogP contribution in [0.5, 0.6) is 5.75 Å². The number of carbonyl (C=O) groups excluding carboxylic acids is 1. The fourth-order valence-corrected chi connectivity index (χ4v) is 5.67. The second kappa shape index (κ2) is 11.6. The molecule has 180 valence electrons. The number of hydrogen-bond donors (Lipinski definition) is 0. The second-order valence-electron chi connectivity index (χ2n) is 9.89. The van der Waals surface area contributed by atoms with Gasteiger partial charge in [0.15, 0.2) is 0 Å².